The Bertz CT molecular complexity index is 884. The smallest absolute Gasteiger partial charge is 0.312 e. The number of para-hydroxylation sites is 1. The van der Waals surface area contributed by atoms with Gasteiger partial charge in [0, 0.05) is 19.6 Å². The van der Waals surface area contributed by atoms with Gasteiger partial charge in [0.2, 0.25) is 5.91 Å². The van der Waals surface area contributed by atoms with Gasteiger partial charge in [-0.25, -0.2) is 4.39 Å². The number of amides is 3. The molecule has 2 aromatic carbocycles. The SMILES string of the molecule is Cc1ccccc1CN1CCN(CC(=O)Nc2ccccc2F)C(=O)C1=O. The van der Waals surface area contributed by atoms with Crippen LogP contribution in [0.3, 0.4) is 0 Å². The van der Waals surface area contributed by atoms with Crippen LogP contribution >= 0.6 is 0 Å². The Morgan fingerprint density at radius 1 is 1.00 bits per heavy atom. The van der Waals surface area contributed by atoms with Crippen LogP contribution in [0.25, 0.3) is 0 Å². The Morgan fingerprint density at radius 3 is 2.37 bits per heavy atom. The molecule has 6 nitrogen and oxygen atoms in total. The van der Waals surface area contributed by atoms with Crippen LogP contribution in [0.5, 0.6) is 0 Å². The van der Waals surface area contributed by atoms with Crippen molar-refractivity contribution in [2.75, 3.05) is 25.0 Å². The summed E-state index contributed by atoms with van der Waals surface area (Å²) in [5.41, 5.74) is 2.06. The van der Waals surface area contributed by atoms with Crippen LogP contribution in [-0.4, -0.2) is 47.2 Å². The molecular formula is C20H20FN3O3. The number of nitrogens with one attached hydrogen (secondary N) is 1. The summed E-state index contributed by atoms with van der Waals surface area (Å²) in [6.45, 7) is 2.60. The van der Waals surface area contributed by atoms with Crippen molar-refractivity contribution in [3.05, 3.63) is 65.5 Å². The first-order valence-electron chi connectivity index (χ1n) is 8.63. The second-order valence-electron chi connectivity index (χ2n) is 6.41. The van der Waals surface area contributed by atoms with E-state index in [1.54, 1.807) is 6.07 Å². The molecule has 1 aliphatic rings. The van der Waals surface area contributed by atoms with Crippen molar-refractivity contribution in [3.63, 3.8) is 0 Å². The van der Waals surface area contributed by atoms with Gasteiger partial charge < -0.3 is 15.1 Å². The van der Waals surface area contributed by atoms with Gasteiger partial charge in [-0.15, -0.1) is 0 Å². The first-order valence-corrected chi connectivity index (χ1v) is 8.63. The Labute approximate surface area is 156 Å². The van der Waals surface area contributed by atoms with Gasteiger partial charge in [0.05, 0.1) is 5.69 Å². The van der Waals surface area contributed by atoms with Crippen LogP contribution in [0.1, 0.15) is 11.1 Å². The second-order valence-corrected chi connectivity index (χ2v) is 6.41. The first-order chi connectivity index (χ1) is 13.0. The van der Waals surface area contributed by atoms with Gasteiger partial charge in [-0.1, -0.05) is 36.4 Å². The Balaban J connectivity index is 1.59. The molecule has 0 spiro atoms. The number of benzene rings is 2. The minimum atomic E-state index is -0.724. The van der Waals surface area contributed by atoms with Crippen LogP contribution in [0.15, 0.2) is 48.5 Å². The molecule has 3 rings (SSSR count). The summed E-state index contributed by atoms with van der Waals surface area (Å²) in [6.07, 6.45) is 0. The van der Waals surface area contributed by atoms with E-state index in [1.807, 2.05) is 31.2 Å². The first kappa shape index (κ1) is 18.6. The molecule has 0 atom stereocenters. The Kier molecular flexibility index (Phi) is 5.49. The fourth-order valence-electron chi connectivity index (χ4n) is 2.94. The topological polar surface area (TPSA) is 69.7 Å². The van der Waals surface area contributed by atoms with Gasteiger partial charge >= 0.3 is 11.8 Å². The van der Waals surface area contributed by atoms with E-state index in [0.29, 0.717) is 13.1 Å². The predicted octanol–water partition coefficient (Wildman–Crippen LogP) is 1.94. The number of piperazine rings is 1. The summed E-state index contributed by atoms with van der Waals surface area (Å²) in [5.74, 6) is -2.47. The van der Waals surface area contributed by atoms with Gasteiger partial charge in [-0.3, -0.25) is 14.4 Å². The molecule has 0 bridgehead atoms. The van der Waals surface area contributed by atoms with Crippen molar-refractivity contribution in [2.45, 2.75) is 13.5 Å². The van der Waals surface area contributed by atoms with Gasteiger partial charge in [-0.2, -0.15) is 0 Å². The summed E-state index contributed by atoms with van der Waals surface area (Å²) in [5, 5.41) is 2.42. The quantitative estimate of drug-likeness (QED) is 0.819. The van der Waals surface area contributed by atoms with E-state index in [2.05, 4.69) is 5.32 Å². The molecule has 27 heavy (non-hydrogen) atoms. The number of aryl methyl sites for hydroxylation is 1. The molecule has 0 aliphatic carbocycles. The molecule has 0 aromatic heterocycles. The molecule has 7 heteroatoms. The highest BCUT2D eigenvalue weighted by molar-refractivity contribution is 6.35. The van der Waals surface area contributed by atoms with Gasteiger partial charge in [-0.05, 0) is 30.2 Å². The molecule has 1 N–H and O–H groups in total. The lowest BCUT2D eigenvalue weighted by Crippen LogP contribution is -2.55. The molecule has 1 fully saturated rings. The third-order valence-corrected chi connectivity index (χ3v) is 4.50. The summed E-state index contributed by atoms with van der Waals surface area (Å²) >= 11 is 0. The number of halogens is 1. The van der Waals surface area contributed by atoms with Crippen LogP contribution in [0.2, 0.25) is 0 Å². The van der Waals surface area contributed by atoms with Crippen LogP contribution < -0.4 is 5.32 Å². The standard InChI is InChI=1S/C20H20FN3O3/c1-14-6-2-3-7-15(14)12-23-10-11-24(20(27)19(23)26)13-18(25)22-17-9-5-4-8-16(17)21/h2-9H,10-13H2,1H3,(H,22,25). The van der Waals surface area contributed by atoms with E-state index in [1.165, 1.54) is 28.0 Å². The van der Waals surface area contributed by atoms with E-state index in [-0.39, 0.29) is 18.8 Å². The highest BCUT2D eigenvalue weighted by Gasteiger charge is 2.33. The lowest BCUT2D eigenvalue weighted by Gasteiger charge is -2.33. The molecule has 140 valence electrons. The fourth-order valence-corrected chi connectivity index (χ4v) is 2.94. The maximum atomic E-state index is 13.6. The fraction of sp³-hybridized carbons (Fsp3) is 0.250. The van der Waals surface area contributed by atoms with Crippen LogP contribution in [0.4, 0.5) is 10.1 Å². The van der Waals surface area contributed by atoms with Crippen molar-refractivity contribution < 1.29 is 18.8 Å². The molecule has 1 saturated heterocycles. The molecule has 0 unspecified atom stereocenters. The lowest BCUT2D eigenvalue weighted by atomic mass is 10.1. The van der Waals surface area contributed by atoms with Crippen molar-refractivity contribution in [1.29, 1.82) is 0 Å². The maximum Gasteiger partial charge on any atom is 0.312 e. The molecule has 0 saturated carbocycles. The van der Waals surface area contributed by atoms with Crippen LogP contribution in [-0.2, 0) is 20.9 Å². The van der Waals surface area contributed by atoms with Gasteiger partial charge in [0.1, 0.15) is 12.4 Å². The molecule has 1 aliphatic heterocycles. The van der Waals surface area contributed by atoms with Crippen molar-refractivity contribution >= 4 is 23.4 Å². The van der Waals surface area contributed by atoms with E-state index in [0.717, 1.165) is 11.1 Å². The molecule has 3 amide bonds. The van der Waals surface area contributed by atoms with E-state index in [9.17, 15) is 18.8 Å². The number of rotatable bonds is 5. The Morgan fingerprint density at radius 2 is 1.63 bits per heavy atom. The predicted molar refractivity (Wildman–Crippen MR) is 98.2 cm³/mol. The summed E-state index contributed by atoms with van der Waals surface area (Å²) in [6, 6.07) is 13.4. The third kappa shape index (κ3) is 4.31. The normalized spacial score (nSPS) is 14.4. The maximum absolute atomic E-state index is 13.6. The average Bonchev–Trinajstić information content (AvgIpc) is 2.65. The monoisotopic (exact) mass is 369 g/mol. The van der Waals surface area contributed by atoms with E-state index < -0.39 is 23.5 Å². The summed E-state index contributed by atoms with van der Waals surface area (Å²) in [7, 11) is 0. The number of nitrogens with zero attached hydrogens (tertiary/aromatic N) is 2. The molecule has 2 aromatic rings. The molecule has 1 heterocycles. The molecule has 0 radical (unpaired) electrons. The van der Waals surface area contributed by atoms with E-state index >= 15 is 0 Å². The lowest BCUT2D eigenvalue weighted by molar-refractivity contribution is -0.157. The second kappa shape index (κ2) is 7.99. The third-order valence-electron chi connectivity index (χ3n) is 4.50. The zero-order valence-corrected chi connectivity index (χ0v) is 14.9. The van der Waals surface area contributed by atoms with E-state index in [4.69, 9.17) is 0 Å². The highest BCUT2D eigenvalue weighted by atomic mass is 19.1. The summed E-state index contributed by atoms with van der Waals surface area (Å²) in [4.78, 5) is 39.5. The number of anilines is 1. The number of carbonyl (C=O) groups is 3. The minimum Gasteiger partial charge on any atom is -0.328 e. The largest absolute Gasteiger partial charge is 0.328 e. The van der Waals surface area contributed by atoms with Crippen molar-refractivity contribution in [1.82, 2.24) is 9.80 Å². The Hall–Kier alpha value is -3.22. The number of hydrogen-bond acceptors (Lipinski definition) is 3. The van der Waals surface area contributed by atoms with Gasteiger partial charge in [0.15, 0.2) is 0 Å². The minimum absolute atomic E-state index is 0.0412. The summed E-state index contributed by atoms with van der Waals surface area (Å²) < 4.78 is 13.6. The average molecular weight is 369 g/mol. The van der Waals surface area contributed by atoms with Crippen LogP contribution in [0, 0.1) is 12.7 Å². The van der Waals surface area contributed by atoms with Gasteiger partial charge in [0.25, 0.3) is 0 Å². The van der Waals surface area contributed by atoms with Crippen molar-refractivity contribution in [3.8, 4) is 0 Å². The zero-order chi connectivity index (χ0) is 19.4. The highest BCUT2D eigenvalue weighted by Crippen LogP contribution is 2.15. The van der Waals surface area contributed by atoms with Crippen molar-refractivity contribution in [2.24, 2.45) is 0 Å². The molecular weight excluding hydrogens is 349 g/mol. The number of carbonyl (C=O) groups excluding carboxylic acids is 3. The zero-order valence-electron chi connectivity index (χ0n) is 14.9. The number of hydrogen-bond donors (Lipinski definition) is 1.